The molecule has 0 aliphatic carbocycles. The molecule has 0 bridgehead atoms. The van der Waals surface area contributed by atoms with Crippen LogP contribution in [0.1, 0.15) is 13.3 Å². The monoisotopic (exact) mass is 376 g/mol. The summed E-state index contributed by atoms with van der Waals surface area (Å²) < 4.78 is 37.1. The molecule has 1 aliphatic rings. The lowest BCUT2D eigenvalue weighted by atomic mass is 10.2. The third-order valence-corrected chi connectivity index (χ3v) is 3.98. The first-order valence-corrected chi connectivity index (χ1v) is 8.36. The van der Waals surface area contributed by atoms with Crippen LogP contribution in [-0.2, 0) is 9.59 Å². The van der Waals surface area contributed by atoms with E-state index in [9.17, 15) is 18.4 Å². The van der Waals surface area contributed by atoms with Crippen molar-refractivity contribution in [3.63, 3.8) is 0 Å². The van der Waals surface area contributed by atoms with Crippen LogP contribution in [0.3, 0.4) is 0 Å². The van der Waals surface area contributed by atoms with Crippen LogP contribution in [-0.4, -0.2) is 31.6 Å². The summed E-state index contributed by atoms with van der Waals surface area (Å²) in [6, 6.07) is 8.20. The summed E-state index contributed by atoms with van der Waals surface area (Å²) in [5, 5.41) is 2.48. The van der Waals surface area contributed by atoms with E-state index in [-0.39, 0.29) is 24.6 Å². The van der Waals surface area contributed by atoms with Crippen molar-refractivity contribution in [2.24, 2.45) is 0 Å². The maximum atomic E-state index is 13.2. The van der Waals surface area contributed by atoms with Crippen LogP contribution >= 0.6 is 0 Å². The smallest absolute Gasteiger partial charge is 0.226 e. The van der Waals surface area contributed by atoms with Gasteiger partial charge >= 0.3 is 0 Å². The molecular formula is C19H18F2N2O4. The first-order chi connectivity index (χ1) is 12.9. The predicted octanol–water partition coefficient (Wildman–Crippen LogP) is 3.12. The fourth-order valence-corrected chi connectivity index (χ4v) is 2.68. The highest BCUT2D eigenvalue weighted by Gasteiger charge is 2.18. The molecule has 2 aromatic carbocycles. The molecule has 2 amide bonds. The van der Waals surface area contributed by atoms with Crippen molar-refractivity contribution in [1.29, 1.82) is 0 Å². The fraction of sp³-hybridized carbons (Fsp3) is 0.263. The number of ether oxygens (including phenoxy) is 2. The minimum atomic E-state index is -1.05. The molecule has 0 saturated carbocycles. The first kappa shape index (κ1) is 18.6. The van der Waals surface area contributed by atoms with E-state index in [2.05, 4.69) is 5.32 Å². The SMILES string of the molecule is CC(=O)N(CCC(=O)Nc1ccc(F)c(F)c1)c1ccc2c(c1)OCCO2. The molecule has 0 fully saturated rings. The summed E-state index contributed by atoms with van der Waals surface area (Å²) in [4.78, 5) is 25.5. The van der Waals surface area contributed by atoms with Gasteiger partial charge in [-0.3, -0.25) is 9.59 Å². The Morgan fingerprint density at radius 1 is 1.04 bits per heavy atom. The van der Waals surface area contributed by atoms with Gasteiger partial charge in [0.25, 0.3) is 0 Å². The second-order valence-corrected chi connectivity index (χ2v) is 5.93. The van der Waals surface area contributed by atoms with E-state index >= 15 is 0 Å². The topological polar surface area (TPSA) is 67.9 Å². The van der Waals surface area contributed by atoms with Gasteiger partial charge in [-0.05, 0) is 24.3 Å². The number of nitrogens with one attached hydrogen (secondary N) is 1. The Morgan fingerprint density at radius 3 is 2.48 bits per heavy atom. The Labute approximate surface area is 154 Å². The minimum Gasteiger partial charge on any atom is -0.486 e. The van der Waals surface area contributed by atoms with Crippen LogP contribution in [0.25, 0.3) is 0 Å². The van der Waals surface area contributed by atoms with E-state index in [1.54, 1.807) is 18.2 Å². The van der Waals surface area contributed by atoms with E-state index in [1.807, 2.05) is 0 Å². The standard InChI is InChI=1S/C19H18F2N2O4/c1-12(24)23(14-3-5-17-18(11-14)27-9-8-26-17)7-6-19(25)22-13-2-4-15(20)16(21)10-13/h2-5,10-11H,6-9H2,1H3,(H,22,25). The Morgan fingerprint density at radius 2 is 1.78 bits per heavy atom. The van der Waals surface area contributed by atoms with Gasteiger partial charge in [-0.1, -0.05) is 0 Å². The van der Waals surface area contributed by atoms with Gasteiger partial charge < -0.3 is 19.7 Å². The molecule has 0 saturated heterocycles. The summed E-state index contributed by atoms with van der Waals surface area (Å²) in [5.41, 5.74) is 0.722. The maximum absolute atomic E-state index is 13.2. The van der Waals surface area contributed by atoms with Crippen LogP contribution in [0, 0.1) is 11.6 Å². The van der Waals surface area contributed by atoms with Gasteiger partial charge in [-0.25, -0.2) is 8.78 Å². The molecule has 27 heavy (non-hydrogen) atoms. The molecule has 1 heterocycles. The molecule has 2 aromatic rings. The second-order valence-electron chi connectivity index (χ2n) is 5.93. The number of benzene rings is 2. The van der Waals surface area contributed by atoms with Gasteiger partial charge in [0, 0.05) is 43.4 Å². The third-order valence-electron chi connectivity index (χ3n) is 3.98. The van der Waals surface area contributed by atoms with E-state index in [4.69, 9.17) is 9.47 Å². The van der Waals surface area contributed by atoms with Gasteiger partial charge in [0.05, 0.1) is 0 Å². The Bertz CT molecular complexity index is 873. The quantitative estimate of drug-likeness (QED) is 0.871. The molecule has 0 radical (unpaired) electrons. The molecular weight excluding hydrogens is 358 g/mol. The first-order valence-electron chi connectivity index (χ1n) is 8.36. The molecule has 3 rings (SSSR count). The van der Waals surface area contributed by atoms with Crippen molar-refractivity contribution in [3.8, 4) is 11.5 Å². The largest absolute Gasteiger partial charge is 0.486 e. The van der Waals surface area contributed by atoms with Crippen LogP contribution in [0.2, 0.25) is 0 Å². The van der Waals surface area contributed by atoms with Gasteiger partial charge in [-0.2, -0.15) is 0 Å². The highest BCUT2D eigenvalue weighted by Crippen LogP contribution is 2.34. The van der Waals surface area contributed by atoms with Gasteiger partial charge in [-0.15, -0.1) is 0 Å². The number of halogens is 2. The van der Waals surface area contributed by atoms with E-state index in [0.29, 0.717) is 30.4 Å². The average Bonchev–Trinajstić information content (AvgIpc) is 2.64. The number of anilines is 2. The van der Waals surface area contributed by atoms with Gasteiger partial charge in [0.2, 0.25) is 11.8 Å². The molecule has 6 nitrogen and oxygen atoms in total. The summed E-state index contributed by atoms with van der Waals surface area (Å²) >= 11 is 0. The zero-order valence-corrected chi connectivity index (χ0v) is 14.6. The van der Waals surface area contributed by atoms with Crippen molar-refractivity contribution in [2.75, 3.05) is 30.0 Å². The third kappa shape index (κ3) is 4.52. The molecule has 142 valence electrons. The molecule has 0 aromatic heterocycles. The van der Waals surface area contributed by atoms with Crippen molar-refractivity contribution >= 4 is 23.2 Å². The average molecular weight is 376 g/mol. The number of carbonyl (C=O) groups is 2. The lowest BCUT2D eigenvalue weighted by molar-refractivity contribution is -0.117. The summed E-state index contributed by atoms with van der Waals surface area (Å²) in [7, 11) is 0. The van der Waals surface area contributed by atoms with Crippen molar-refractivity contribution in [2.45, 2.75) is 13.3 Å². The molecule has 0 atom stereocenters. The van der Waals surface area contributed by atoms with Gasteiger partial charge in [0.1, 0.15) is 13.2 Å². The summed E-state index contributed by atoms with van der Waals surface area (Å²) in [5.74, 6) is -1.57. The number of amides is 2. The Hall–Kier alpha value is -3.16. The number of rotatable bonds is 5. The summed E-state index contributed by atoms with van der Waals surface area (Å²) in [6.07, 6.45) is -0.0208. The summed E-state index contributed by atoms with van der Waals surface area (Å²) in [6.45, 7) is 2.40. The van der Waals surface area contributed by atoms with Crippen LogP contribution in [0.15, 0.2) is 36.4 Å². The normalized spacial score (nSPS) is 12.4. The second kappa shape index (κ2) is 8.03. The van der Waals surface area contributed by atoms with Crippen LogP contribution < -0.4 is 19.7 Å². The lowest BCUT2D eigenvalue weighted by Gasteiger charge is -2.24. The molecule has 0 spiro atoms. The van der Waals surface area contributed by atoms with Crippen LogP contribution in [0.4, 0.5) is 20.2 Å². The van der Waals surface area contributed by atoms with E-state index in [0.717, 1.165) is 12.1 Å². The maximum Gasteiger partial charge on any atom is 0.226 e. The Kier molecular flexibility index (Phi) is 5.54. The number of hydrogen-bond acceptors (Lipinski definition) is 4. The number of carbonyl (C=O) groups excluding carboxylic acids is 2. The fourth-order valence-electron chi connectivity index (χ4n) is 2.68. The molecule has 1 aliphatic heterocycles. The van der Waals surface area contributed by atoms with Crippen LogP contribution in [0.5, 0.6) is 11.5 Å². The highest BCUT2D eigenvalue weighted by molar-refractivity contribution is 5.95. The highest BCUT2D eigenvalue weighted by atomic mass is 19.2. The number of nitrogens with zero attached hydrogens (tertiary/aromatic N) is 1. The van der Waals surface area contributed by atoms with Crippen molar-refractivity contribution in [1.82, 2.24) is 0 Å². The van der Waals surface area contributed by atoms with E-state index in [1.165, 1.54) is 17.9 Å². The number of hydrogen-bond donors (Lipinski definition) is 1. The van der Waals surface area contributed by atoms with E-state index < -0.39 is 17.5 Å². The van der Waals surface area contributed by atoms with Crippen molar-refractivity contribution in [3.05, 3.63) is 48.0 Å². The van der Waals surface area contributed by atoms with Crippen molar-refractivity contribution < 1.29 is 27.8 Å². The minimum absolute atomic E-state index is 0.0208. The lowest BCUT2D eigenvalue weighted by Crippen LogP contribution is -2.32. The predicted molar refractivity (Wildman–Crippen MR) is 95.1 cm³/mol. The Balaban J connectivity index is 1.65. The molecule has 0 unspecified atom stereocenters. The number of fused-ring (bicyclic) bond motifs is 1. The zero-order chi connectivity index (χ0) is 19.4. The van der Waals surface area contributed by atoms with Gasteiger partial charge in [0.15, 0.2) is 23.1 Å². The molecule has 1 N–H and O–H groups in total. The molecule has 8 heteroatoms. The zero-order valence-electron chi connectivity index (χ0n) is 14.6.